The van der Waals surface area contributed by atoms with Gasteiger partial charge in [0.1, 0.15) is 0 Å². The van der Waals surface area contributed by atoms with Gasteiger partial charge < -0.3 is 9.63 Å². The minimum absolute atomic E-state index is 0.100. The smallest absolute Gasteiger partial charge is 0.377 e. The second kappa shape index (κ2) is 4.53. The molecule has 1 N–H and O–H groups in total. The van der Waals surface area contributed by atoms with Crippen molar-refractivity contribution < 1.29 is 19.3 Å². The summed E-state index contributed by atoms with van der Waals surface area (Å²) in [7, 11) is 0. The highest BCUT2D eigenvalue weighted by Crippen LogP contribution is 2.27. The first-order chi connectivity index (χ1) is 8.47. The molecule has 0 aliphatic carbocycles. The number of hydrogen-bond donors (Lipinski definition) is 1. The third kappa shape index (κ3) is 2.35. The van der Waals surface area contributed by atoms with E-state index >= 15 is 0 Å². The minimum atomic E-state index is -1.34. The average molecular weight is 314 g/mol. The van der Waals surface area contributed by atoms with Crippen LogP contribution in [0.4, 0.5) is 5.69 Å². The van der Waals surface area contributed by atoms with Crippen LogP contribution in [0.3, 0.4) is 0 Å². The van der Waals surface area contributed by atoms with Crippen molar-refractivity contribution in [3.05, 3.63) is 38.6 Å². The zero-order chi connectivity index (χ0) is 13.3. The molecule has 0 spiro atoms. The van der Waals surface area contributed by atoms with E-state index in [4.69, 9.17) is 9.63 Å². The van der Waals surface area contributed by atoms with Crippen molar-refractivity contribution in [2.45, 2.75) is 0 Å². The van der Waals surface area contributed by atoms with Crippen molar-refractivity contribution >= 4 is 27.6 Å². The Kier molecular flexibility index (Phi) is 3.06. The Bertz CT molecular complexity index is 639. The van der Waals surface area contributed by atoms with Crippen molar-refractivity contribution in [1.82, 2.24) is 10.1 Å². The van der Waals surface area contributed by atoms with E-state index in [0.29, 0.717) is 4.47 Å². The van der Waals surface area contributed by atoms with Gasteiger partial charge in [-0.1, -0.05) is 15.9 Å². The Morgan fingerprint density at radius 1 is 1.44 bits per heavy atom. The van der Waals surface area contributed by atoms with Gasteiger partial charge in [-0.2, -0.15) is 4.98 Å². The maximum Gasteiger partial charge on any atom is 0.377 e. The van der Waals surface area contributed by atoms with E-state index in [9.17, 15) is 14.9 Å². The van der Waals surface area contributed by atoms with Crippen LogP contribution >= 0.6 is 15.9 Å². The van der Waals surface area contributed by atoms with Gasteiger partial charge in [0, 0.05) is 22.2 Å². The lowest BCUT2D eigenvalue weighted by atomic mass is 10.2. The van der Waals surface area contributed by atoms with Crippen molar-refractivity contribution in [2.24, 2.45) is 0 Å². The molecule has 0 amide bonds. The summed E-state index contributed by atoms with van der Waals surface area (Å²) in [5.74, 6) is -1.95. The first-order valence-corrected chi connectivity index (χ1v) is 5.29. The van der Waals surface area contributed by atoms with E-state index in [-0.39, 0.29) is 17.1 Å². The van der Waals surface area contributed by atoms with Crippen molar-refractivity contribution in [1.29, 1.82) is 0 Å². The third-order valence-electron chi connectivity index (χ3n) is 1.96. The van der Waals surface area contributed by atoms with Gasteiger partial charge in [-0.25, -0.2) is 4.79 Å². The Morgan fingerprint density at radius 2 is 2.17 bits per heavy atom. The van der Waals surface area contributed by atoms with Gasteiger partial charge in [0.2, 0.25) is 0 Å². The van der Waals surface area contributed by atoms with Crippen LogP contribution in [0.15, 0.2) is 27.2 Å². The molecule has 92 valence electrons. The number of aromatic carboxylic acids is 1. The summed E-state index contributed by atoms with van der Waals surface area (Å²) in [4.78, 5) is 24.3. The molecule has 18 heavy (non-hydrogen) atoms. The Morgan fingerprint density at radius 3 is 2.72 bits per heavy atom. The molecule has 0 bridgehead atoms. The van der Waals surface area contributed by atoms with Crippen LogP contribution in [0.25, 0.3) is 11.5 Å². The van der Waals surface area contributed by atoms with E-state index in [1.54, 1.807) is 0 Å². The highest BCUT2D eigenvalue weighted by molar-refractivity contribution is 9.10. The summed E-state index contributed by atoms with van der Waals surface area (Å²) in [6.07, 6.45) is 0. The van der Waals surface area contributed by atoms with Crippen LogP contribution in [0.1, 0.15) is 10.6 Å². The lowest BCUT2D eigenvalue weighted by Gasteiger charge is -1.96. The first-order valence-electron chi connectivity index (χ1n) is 4.50. The summed E-state index contributed by atoms with van der Waals surface area (Å²) in [5.41, 5.74) is 0.0884. The molecule has 0 fully saturated rings. The van der Waals surface area contributed by atoms with Gasteiger partial charge in [0.15, 0.2) is 0 Å². The molecular weight excluding hydrogens is 310 g/mol. The molecule has 0 radical (unpaired) electrons. The number of aromatic nitrogens is 2. The van der Waals surface area contributed by atoms with Crippen LogP contribution < -0.4 is 0 Å². The van der Waals surface area contributed by atoms with Crippen LogP contribution in [-0.4, -0.2) is 26.1 Å². The van der Waals surface area contributed by atoms with E-state index in [0.717, 1.165) is 0 Å². The largest absolute Gasteiger partial charge is 0.475 e. The summed E-state index contributed by atoms with van der Waals surface area (Å²) in [6.45, 7) is 0. The maximum absolute atomic E-state index is 10.7. The number of hydrogen-bond acceptors (Lipinski definition) is 6. The topological polar surface area (TPSA) is 119 Å². The van der Waals surface area contributed by atoms with Crippen LogP contribution in [0.2, 0.25) is 0 Å². The molecule has 1 aromatic heterocycles. The number of rotatable bonds is 3. The third-order valence-corrected chi connectivity index (χ3v) is 2.42. The summed E-state index contributed by atoms with van der Waals surface area (Å²) >= 11 is 3.10. The fourth-order valence-electron chi connectivity index (χ4n) is 1.23. The second-order valence-electron chi connectivity index (χ2n) is 3.18. The van der Waals surface area contributed by atoms with Crippen LogP contribution in [0.5, 0.6) is 0 Å². The molecule has 0 atom stereocenters. The molecule has 1 aromatic carbocycles. The van der Waals surface area contributed by atoms with Crippen LogP contribution in [0, 0.1) is 10.1 Å². The SMILES string of the molecule is O=C(O)c1noc(-c2cc(Br)cc([N+](=O)[O-])c2)n1. The predicted octanol–water partition coefficient (Wildman–Crippen LogP) is 2.11. The van der Waals surface area contributed by atoms with Gasteiger partial charge in [-0.15, -0.1) is 0 Å². The number of carbonyl (C=O) groups is 1. The van der Waals surface area contributed by atoms with E-state index in [1.165, 1.54) is 18.2 Å². The van der Waals surface area contributed by atoms with Gasteiger partial charge >= 0.3 is 5.97 Å². The molecule has 0 unspecified atom stereocenters. The van der Waals surface area contributed by atoms with E-state index in [1.807, 2.05) is 0 Å². The molecule has 8 nitrogen and oxygen atoms in total. The molecule has 0 aliphatic heterocycles. The fourth-order valence-corrected chi connectivity index (χ4v) is 1.71. The Labute approximate surface area is 108 Å². The molecule has 1 heterocycles. The number of non-ortho nitro benzene ring substituents is 1. The first kappa shape index (κ1) is 12.2. The number of nitrogens with zero attached hydrogens (tertiary/aromatic N) is 3. The highest BCUT2D eigenvalue weighted by atomic mass is 79.9. The quantitative estimate of drug-likeness (QED) is 0.680. The van der Waals surface area contributed by atoms with Gasteiger partial charge in [0.05, 0.1) is 4.92 Å². The molecule has 2 rings (SSSR count). The fraction of sp³-hybridized carbons (Fsp3) is 0. The van der Waals surface area contributed by atoms with Crippen molar-refractivity contribution in [3.8, 4) is 11.5 Å². The number of halogens is 1. The summed E-state index contributed by atoms with van der Waals surface area (Å²) in [6, 6.07) is 4.02. The summed E-state index contributed by atoms with van der Waals surface area (Å²) < 4.78 is 5.16. The molecular formula is C9H4BrN3O5. The highest BCUT2D eigenvalue weighted by Gasteiger charge is 2.17. The van der Waals surface area contributed by atoms with Gasteiger partial charge in [-0.3, -0.25) is 10.1 Å². The molecule has 9 heteroatoms. The molecule has 0 saturated heterocycles. The number of benzene rings is 1. The normalized spacial score (nSPS) is 10.3. The van der Waals surface area contributed by atoms with Gasteiger partial charge in [0.25, 0.3) is 17.4 Å². The Hall–Kier alpha value is -2.29. The van der Waals surface area contributed by atoms with Gasteiger partial charge in [-0.05, 0) is 11.2 Å². The lowest BCUT2D eigenvalue weighted by Crippen LogP contribution is -1.98. The standard InChI is InChI=1S/C9H4BrN3O5/c10-5-1-4(2-6(3-5)13(16)17)8-11-7(9(14)15)12-18-8/h1-3H,(H,14,15). The second-order valence-corrected chi connectivity index (χ2v) is 4.10. The average Bonchev–Trinajstić information content (AvgIpc) is 2.77. The minimum Gasteiger partial charge on any atom is -0.475 e. The summed E-state index contributed by atoms with van der Waals surface area (Å²) in [5, 5.41) is 22.5. The molecule has 0 aliphatic rings. The Balaban J connectivity index is 2.49. The zero-order valence-corrected chi connectivity index (χ0v) is 10.1. The number of carboxylic acid groups (broad SMARTS) is 1. The van der Waals surface area contributed by atoms with E-state index in [2.05, 4.69) is 26.1 Å². The maximum atomic E-state index is 10.7. The monoisotopic (exact) mass is 313 g/mol. The zero-order valence-electron chi connectivity index (χ0n) is 8.53. The lowest BCUT2D eigenvalue weighted by molar-refractivity contribution is -0.384. The van der Waals surface area contributed by atoms with E-state index < -0.39 is 16.7 Å². The van der Waals surface area contributed by atoms with Crippen LogP contribution in [-0.2, 0) is 0 Å². The number of nitro groups is 1. The molecule has 2 aromatic rings. The number of nitro benzene ring substituents is 1. The number of carboxylic acids is 1. The van der Waals surface area contributed by atoms with Crippen molar-refractivity contribution in [2.75, 3.05) is 0 Å². The van der Waals surface area contributed by atoms with Crippen molar-refractivity contribution in [3.63, 3.8) is 0 Å². The molecule has 0 saturated carbocycles. The predicted molar refractivity (Wildman–Crippen MR) is 61.0 cm³/mol.